The summed E-state index contributed by atoms with van der Waals surface area (Å²) in [6.45, 7) is 5.53. The van der Waals surface area contributed by atoms with Gasteiger partial charge >= 0.3 is 0 Å². The van der Waals surface area contributed by atoms with Crippen LogP contribution in [-0.2, 0) is 14.4 Å². The fourth-order valence-corrected chi connectivity index (χ4v) is 3.69. The second-order valence-corrected chi connectivity index (χ2v) is 6.83. The lowest BCUT2D eigenvalue weighted by molar-refractivity contribution is -0.135. The lowest BCUT2D eigenvalue weighted by Gasteiger charge is -2.33. The third kappa shape index (κ3) is 3.79. The zero-order chi connectivity index (χ0) is 18.7. The molecule has 26 heavy (non-hydrogen) atoms. The van der Waals surface area contributed by atoms with Crippen LogP contribution in [0.3, 0.4) is 0 Å². The Kier molecular flexibility index (Phi) is 5.40. The minimum absolute atomic E-state index is 0.0248. The topological polar surface area (TPSA) is 60.9 Å². The Morgan fingerprint density at radius 3 is 2.38 bits per heavy atom. The van der Waals surface area contributed by atoms with Crippen molar-refractivity contribution in [3.05, 3.63) is 41.6 Å². The molecule has 0 saturated carbocycles. The quantitative estimate of drug-likeness (QED) is 0.816. The summed E-state index contributed by atoms with van der Waals surface area (Å²) in [5.41, 5.74) is 2.04. The predicted molar refractivity (Wildman–Crippen MR) is 98.8 cm³/mol. The van der Waals surface area contributed by atoms with Crippen molar-refractivity contribution in [2.24, 2.45) is 0 Å². The van der Waals surface area contributed by atoms with Gasteiger partial charge in [0.1, 0.15) is 0 Å². The molecule has 138 valence electrons. The highest BCUT2D eigenvalue weighted by Crippen LogP contribution is 2.33. The van der Waals surface area contributed by atoms with Crippen molar-refractivity contribution >= 4 is 23.8 Å². The van der Waals surface area contributed by atoms with E-state index in [0.29, 0.717) is 26.2 Å². The molecule has 0 bridgehead atoms. The van der Waals surface area contributed by atoms with E-state index in [2.05, 4.69) is 0 Å². The van der Waals surface area contributed by atoms with E-state index in [0.717, 1.165) is 17.5 Å². The number of hydrogen-bond donors (Lipinski definition) is 0. The lowest BCUT2D eigenvalue weighted by Crippen LogP contribution is -2.39. The van der Waals surface area contributed by atoms with Gasteiger partial charge in [0.05, 0.1) is 12.5 Å². The van der Waals surface area contributed by atoms with Gasteiger partial charge in [-0.15, -0.1) is 0 Å². The molecule has 3 amide bonds. The first-order valence-corrected chi connectivity index (χ1v) is 9.06. The summed E-state index contributed by atoms with van der Waals surface area (Å²) in [6.07, 6.45) is 4.71. The van der Waals surface area contributed by atoms with Crippen molar-refractivity contribution in [2.75, 3.05) is 26.2 Å². The van der Waals surface area contributed by atoms with Crippen LogP contribution in [0.1, 0.15) is 43.9 Å². The van der Waals surface area contributed by atoms with E-state index in [-0.39, 0.29) is 30.2 Å². The molecule has 0 aromatic heterocycles. The molecule has 3 rings (SSSR count). The Hall–Kier alpha value is -2.63. The number of nitrogens with zero attached hydrogens (tertiary/aromatic N) is 3. The van der Waals surface area contributed by atoms with Gasteiger partial charge in [-0.2, -0.15) is 0 Å². The van der Waals surface area contributed by atoms with Crippen LogP contribution in [0.25, 0.3) is 6.08 Å². The summed E-state index contributed by atoms with van der Waals surface area (Å²) in [7, 11) is 0. The van der Waals surface area contributed by atoms with Gasteiger partial charge in [-0.05, 0) is 23.6 Å². The van der Waals surface area contributed by atoms with E-state index in [4.69, 9.17) is 0 Å². The second-order valence-electron chi connectivity index (χ2n) is 6.83. The smallest absolute Gasteiger partial charge is 0.225 e. The lowest BCUT2D eigenvalue weighted by atomic mass is 9.93. The molecule has 1 unspecified atom stereocenters. The van der Waals surface area contributed by atoms with Crippen LogP contribution in [0.5, 0.6) is 0 Å². The number of amides is 3. The van der Waals surface area contributed by atoms with Crippen molar-refractivity contribution in [1.82, 2.24) is 14.7 Å². The molecule has 2 aliphatic heterocycles. The van der Waals surface area contributed by atoms with Gasteiger partial charge in [0.2, 0.25) is 17.7 Å². The largest absolute Gasteiger partial charge is 0.341 e. The number of fused-ring (bicyclic) bond motifs is 1. The maximum absolute atomic E-state index is 12.9. The molecule has 0 spiro atoms. The molecule has 0 aliphatic carbocycles. The molecule has 0 N–H and O–H groups in total. The summed E-state index contributed by atoms with van der Waals surface area (Å²) in [5, 5.41) is 0. The molecular weight excluding hydrogens is 330 g/mol. The molecule has 1 atom stereocenters. The summed E-state index contributed by atoms with van der Waals surface area (Å²) in [4.78, 5) is 41.8. The molecule has 1 saturated heterocycles. The van der Waals surface area contributed by atoms with Crippen LogP contribution >= 0.6 is 0 Å². The second kappa shape index (κ2) is 7.72. The van der Waals surface area contributed by atoms with Gasteiger partial charge in [0.25, 0.3) is 0 Å². The minimum Gasteiger partial charge on any atom is -0.341 e. The number of benzene rings is 1. The van der Waals surface area contributed by atoms with E-state index < -0.39 is 0 Å². The van der Waals surface area contributed by atoms with E-state index in [1.54, 1.807) is 22.9 Å². The maximum Gasteiger partial charge on any atom is 0.225 e. The first-order valence-electron chi connectivity index (χ1n) is 9.06. The van der Waals surface area contributed by atoms with Gasteiger partial charge in [0, 0.05) is 46.2 Å². The Balaban J connectivity index is 1.75. The van der Waals surface area contributed by atoms with Crippen LogP contribution < -0.4 is 0 Å². The zero-order valence-corrected chi connectivity index (χ0v) is 15.4. The molecular formula is C20H25N3O3. The fourth-order valence-electron chi connectivity index (χ4n) is 3.69. The van der Waals surface area contributed by atoms with Crippen molar-refractivity contribution in [3.63, 3.8) is 0 Å². The number of hydrogen-bond acceptors (Lipinski definition) is 3. The van der Waals surface area contributed by atoms with Crippen LogP contribution in [0, 0.1) is 0 Å². The molecule has 2 aliphatic rings. The zero-order valence-electron chi connectivity index (χ0n) is 15.4. The summed E-state index contributed by atoms with van der Waals surface area (Å²) >= 11 is 0. The van der Waals surface area contributed by atoms with Crippen LogP contribution in [0.2, 0.25) is 0 Å². The molecule has 1 aromatic rings. The Morgan fingerprint density at radius 1 is 0.962 bits per heavy atom. The first-order chi connectivity index (χ1) is 12.5. The Labute approximate surface area is 154 Å². The third-order valence-electron chi connectivity index (χ3n) is 5.13. The van der Waals surface area contributed by atoms with Crippen molar-refractivity contribution < 1.29 is 14.4 Å². The molecule has 6 heteroatoms. The third-order valence-corrected chi connectivity index (χ3v) is 5.13. The summed E-state index contributed by atoms with van der Waals surface area (Å²) in [5.74, 6) is -0.00247. The summed E-state index contributed by atoms with van der Waals surface area (Å²) < 4.78 is 0. The SMILES string of the molecule is CC(=O)N1CCCN(C(=O)CC2c3ccccc3C=CN2C(C)=O)CC1. The van der Waals surface area contributed by atoms with Gasteiger partial charge in [-0.3, -0.25) is 14.4 Å². The fraction of sp³-hybridized carbons (Fsp3) is 0.450. The molecule has 1 aromatic carbocycles. The molecule has 1 fully saturated rings. The highest BCUT2D eigenvalue weighted by Gasteiger charge is 2.30. The first kappa shape index (κ1) is 18.2. The van der Waals surface area contributed by atoms with E-state index in [1.165, 1.54) is 6.92 Å². The number of carbonyl (C=O) groups is 3. The van der Waals surface area contributed by atoms with Gasteiger partial charge in [-0.1, -0.05) is 24.3 Å². The van der Waals surface area contributed by atoms with Crippen LogP contribution in [0.4, 0.5) is 0 Å². The van der Waals surface area contributed by atoms with Crippen molar-refractivity contribution in [1.29, 1.82) is 0 Å². The van der Waals surface area contributed by atoms with Crippen LogP contribution in [0.15, 0.2) is 30.5 Å². The monoisotopic (exact) mass is 355 g/mol. The molecule has 0 radical (unpaired) electrons. The van der Waals surface area contributed by atoms with Crippen molar-refractivity contribution in [3.8, 4) is 0 Å². The number of rotatable bonds is 2. The highest BCUT2D eigenvalue weighted by molar-refractivity contribution is 5.82. The Bertz CT molecular complexity index is 744. The maximum atomic E-state index is 12.9. The Morgan fingerprint density at radius 2 is 1.65 bits per heavy atom. The van der Waals surface area contributed by atoms with Gasteiger partial charge in [0.15, 0.2) is 0 Å². The number of carbonyl (C=O) groups excluding carboxylic acids is 3. The molecule has 6 nitrogen and oxygen atoms in total. The van der Waals surface area contributed by atoms with E-state index >= 15 is 0 Å². The molecule has 2 heterocycles. The average Bonchev–Trinajstić information content (AvgIpc) is 2.88. The highest BCUT2D eigenvalue weighted by atomic mass is 16.2. The van der Waals surface area contributed by atoms with E-state index in [1.807, 2.05) is 35.2 Å². The van der Waals surface area contributed by atoms with E-state index in [9.17, 15) is 14.4 Å². The average molecular weight is 355 g/mol. The van der Waals surface area contributed by atoms with Gasteiger partial charge in [-0.25, -0.2) is 0 Å². The van der Waals surface area contributed by atoms with Gasteiger partial charge < -0.3 is 14.7 Å². The standard InChI is InChI=1S/C20H25N3O3/c1-15(24)21-9-5-10-22(13-12-21)20(26)14-19-18-7-4-3-6-17(18)8-11-23(19)16(2)25/h3-4,6-8,11,19H,5,9-10,12-14H2,1-2H3. The van der Waals surface area contributed by atoms with Crippen LogP contribution in [-0.4, -0.2) is 58.6 Å². The minimum atomic E-state index is -0.284. The summed E-state index contributed by atoms with van der Waals surface area (Å²) in [6, 6.07) is 7.58. The predicted octanol–water partition coefficient (Wildman–Crippen LogP) is 2.03. The normalized spacial score (nSPS) is 19.8. The van der Waals surface area contributed by atoms with Crippen molar-refractivity contribution in [2.45, 2.75) is 32.7 Å².